The second-order valence-electron chi connectivity index (χ2n) is 4.81. The molecular formula is C17H17NO4S2. The van der Waals surface area contributed by atoms with E-state index in [-0.39, 0.29) is 5.04 Å². The first kappa shape index (κ1) is 18.1. The Morgan fingerprint density at radius 1 is 1.12 bits per heavy atom. The van der Waals surface area contributed by atoms with E-state index in [0.717, 1.165) is 22.2 Å². The van der Waals surface area contributed by atoms with Gasteiger partial charge in [-0.15, -0.1) is 0 Å². The summed E-state index contributed by atoms with van der Waals surface area (Å²) < 4.78 is 22.3. The summed E-state index contributed by atoms with van der Waals surface area (Å²) in [5.74, 6) is 2.88. The number of thioether (sulfide) groups is 1. The van der Waals surface area contributed by atoms with Gasteiger partial charge < -0.3 is 4.74 Å². The van der Waals surface area contributed by atoms with Gasteiger partial charge in [-0.2, -0.15) is 0 Å². The van der Waals surface area contributed by atoms with E-state index < -0.39 is 15.8 Å². The van der Waals surface area contributed by atoms with Gasteiger partial charge in [-0.05, 0) is 37.1 Å². The number of carbonyl (C=O) groups excluding carboxylic acids is 1. The highest BCUT2D eigenvalue weighted by atomic mass is 32.2. The number of aryl methyl sites for hydroxylation is 1. The molecule has 126 valence electrons. The molecule has 0 heterocycles. The molecule has 0 saturated heterocycles. The van der Waals surface area contributed by atoms with Crippen LogP contribution in [-0.2, 0) is 23.6 Å². The average molecular weight is 363 g/mol. The highest BCUT2D eigenvalue weighted by Gasteiger charge is 2.17. The van der Waals surface area contributed by atoms with Gasteiger partial charge >= 0.3 is 5.97 Å². The van der Waals surface area contributed by atoms with Gasteiger partial charge in [0.1, 0.15) is 0 Å². The van der Waals surface area contributed by atoms with E-state index in [1.165, 1.54) is 7.11 Å². The first-order valence-corrected chi connectivity index (χ1v) is 9.41. The summed E-state index contributed by atoms with van der Waals surface area (Å²) in [5, 5.41) is 3.67. The third-order valence-corrected chi connectivity index (χ3v) is 5.19. The van der Waals surface area contributed by atoms with E-state index >= 15 is 0 Å². The molecule has 0 N–H and O–H groups in total. The number of ether oxygens (including phenoxy) is 1. The van der Waals surface area contributed by atoms with E-state index in [4.69, 9.17) is 9.02 Å². The summed E-state index contributed by atoms with van der Waals surface area (Å²) in [6.45, 7) is 1.96. The fourth-order valence-corrected chi connectivity index (χ4v) is 3.30. The molecule has 0 fully saturated rings. The zero-order chi connectivity index (χ0) is 17.6. The van der Waals surface area contributed by atoms with Crippen molar-refractivity contribution in [3.63, 3.8) is 0 Å². The Morgan fingerprint density at radius 3 is 2.33 bits per heavy atom. The molecule has 5 nitrogen and oxygen atoms in total. The van der Waals surface area contributed by atoms with E-state index in [0.29, 0.717) is 4.90 Å². The van der Waals surface area contributed by atoms with E-state index in [1.807, 2.05) is 31.2 Å². The van der Waals surface area contributed by atoms with Gasteiger partial charge in [0, 0.05) is 4.90 Å². The largest absolute Gasteiger partial charge is 0.464 e. The first-order valence-electron chi connectivity index (χ1n) is 6.94. The molecule has 0 aliphatic carbocycles. The SMILES string of the molecule is C=S(=O)(O/N=C(\Sc1ccc(C)cc1)C(=O)OC)c1ccccc1. The molecule has 2 aromatic rings. The molecule has 0 aliphatic heterocycles. The van der Waals surface area contributed by atoms with E-state index in [9.17, 15) is 9.00 Å². The Morgan fingerprint density at radius 2 is 1.75 bits per heavy atom. The van der Waals surface area contributed by atoms with Gasteiger partial charge in [0.15, 0.2) is 9.80 Å². The molecule has 0 aliphatic rings. The molecule has 1 atom stereocenters. The van der Waals surface area contributed by atoms with Gasteiger partial charge in [-0.3, -0.25) is 4.28 Å². The number of rotatable bonds is 4. The lowest BCUT2D eigenvalue weighted by atomic mass is 10.2. The molecule has 0 bridgehead atoms. The first-order chi connectivity index (χ1) is 11.4. The van der Waals surface area contributed by atoms with Crippen LogP contribution in [0.3, 0.4) is 0 Å². The lowest BCUT2D eigenvalue weighted by Crippen LogP contribution is -2.14. The normalized spacial score (nSPS) is 13.8. The van der Waals surface area contributed by atoms with Crippen LogP contribution in [0.4, 0.5) is 0 Å². The lowest BCUT2D eigenvalue weighted by Gasteiger charge is -2.08. The molecule has 2 rings (SSSR count). The molecule has 0 amide bonds. The van der Waals surface area contributed by atoms with Crippen LogP contribution in [0.15, 0.2) is 69.5 Å². The average Bonchev–Trinajstić information content (AvgIpc) is 2.60. The summed E-state index contributed by atoms with van der Waals surface area (Å²) in [5.41, 5.74) is 1.09. The number of nitrogens with zero attached hydrogens (tertiary/aromatic N) is 1. The van der Waals surface area contributed by atoms with Crippen LogP contribution >= 0.6 is 11.8 Å². The molecule has 2 aromatic carbocycles. The van der Waals surface area contributed by atoms with Crippen LogP contribution < -0.4 is 0 Å². The molecule has 1 unspecified atom stereocenters. The second-order valence-corrected chi connectivity index (χ2v) is 7.72. The van der Waals surface area contributed by atoms with Gasteiger partial charge in [0.25, 0.3) is 0 Å². The Kier molecular flexibility index (Phi) is 6.05. The minimum Gasteiger partial charge on any atom is -0.464 e. The maximum atomic E-state index is 12.5. The zero-order valence-corrected chi connectivity index (χ0v) is 14.9. The second kappa shape index (κ2) is 8.03. The summed E-state index contributed by atoms with van der Waals surface area (Å²) in [4.78, 5) is 13.0. The van der Waals surface area contributed by atoms with Crippen LogP contribution in [0, 0.1) is 6.92 Å². The van der Waals surface area contributed by atoms with Crippen LogP contribution in [0.5, 0.6) is 0 Å². The van der Waals surface area contributed by atoms with Crippen molar-refractivity contribution in [1.82, 2.24) is 0 Å². The number of hydrogen-bond donors (Lipinski definition) is 0. The molecule has 0 radical (unpaired) electrons. The standard InChI is InChI=1S/C17H17NO4S2/c1-13-9-11-14(12-10-13)23-16(17(19)21-2)18-22-24(3,20)15-7-5-4-6-8-15/h4-12H,3H2,1-2H3/b18-16-. The maximum absolute atomic E-state index is 12.5. The number of carbonyl (C=O) groups is 1. The smallest absolute Gasteiger partial charge is 0.367 e. The maximum Gasteiger partial charge on any atom is 0.367 e. The number of benzene rings is 2. The monoisotopic (exact) mass is 363 g/mol. The van der Waals surface area contributed by atoms with Gasteiger partial charge in [-0.25, -0.2) is 9.00 Å². The van der Waals surface area contributed by atoms with Gasteiger partial charge in [0.05, 0.1) is 12.0 Å². The molecule has 24 heavy (non-hydrogen) atoms. The third-order valence-electron chi connectivity index (χ3n) is 2.94. The molecular weight excluding hydrogens is 346 g/mol. The topological polar surface area (TPSA) is 65.0 Å². The van der Waals surface area contributed by atoms with Gasteiger partial charge in [-0.1, -0.05) is 52.8 Å². The Hall–Kier alpha value is -2.25. The van der Waals surface area contributed by atoms with Crippen molar-refractivity contribution in [3.8, 4) is 0 Å². The summed E-state index contributed by atoms with van der Waals surface area (Å²) in [6, 6.07) is 16.0. The number of methoxy groups -OCH3 is 1. The Labute approximate surface area is 145 Å². The van der Waals surface area contributed by atoms with E-state index in [2.05, 4.69) is 11.0 Å². The summed E-state index contributed by atoms with van der Waals surface area (Å²) in [6.07, 6.45) is 0. The molecule has 7 heteroatoms. The van der Waals surface area contributed by atoms with Crippen molar-refractivity contribution < 1.29 is 18.0 Å². The fourth-order valence-electron chi connectivity index (χ4n) is 1.67. The summed E-state index contributed by atoms with van der Waals surface area (Å²) >= 11 is 1.06. The minimum absolute atomic E-state index is 0.0614. The minimum atomic E-state index is -3.10. The van der Waals surface area contributed by atoms with Crippen LogP contribution in [0.1, 0.15) is 5.56 Å². The highest BCUT2D eigenvalue weighted by molar-refractivity contribution is 8.15. The van der Waals surface area contributed by atoms with Crippen LogP contribution in [0.25, 0.3) is 0 Å². The van der Waals surface area contributed by atoms with Crippen molar-refractivity contribution >= 4 is 38.4 Å². The van der Waals surface area contributed by atoms with Gasteiger partial charge in [0.2, 0.25) is 5.04 Å². The number of oxime groups is 1. The van der Waals surface area contributed by atoms with Crippen LogP contribution in [0.2, 0.25) is 0 Å². The molecule has 0 spiro atoms. The molecule has 0 aromatic heterocycles. The molecule has 0 saturated carbocycles. The third kappa shape index (κ3) is 4.87. The van der Waals surface area contributed by atoms with Crippen molar-refractivity contribution in [2.75, 3.05) is 7.11 Å². The van der Waals surface area contributed by atoms with Crippen molar-refractivity contribution in [2.24, 2.45) is 5.16 Å². The van der Waals surface area contributed by atoms with Crippen molar-refractivity contribution in [2.45, 2.75) is 16.7 Å². The number of hydrogen-bond acceptors (Lipinski definition) is 6. The van der Waals surface area contributed by atoms with Crippen LogP contribution in [-0.4, -0.2) is 28.2 Å². The highest BCUT2D eigenvalue weighted by Crippen LogP contribution is 2.22. The Bertz CT molecular complexity index is 829. The van der Waals surface area contributed by atoms with Crippen molar-refractivity contribution in [3.05, 3.63) is 60.2 Å². The van der Waals surface area contributed by atoms with E-state index in [1.54, 1.807) is 30.3 Å². The summed E-state index contributed by atoms with van der Waals surface area (Å²) in [7, 11) is -1.86. The zero-order valence-electron chi connectivity index (χ0n) is 13.3. The number of esters is 1. The van der Waals surface area contributed by atoms with Crippen molar-refractivity contribution in [1.29, 1.82) is 0 Å². The fraction of sp³-hybridized carbons (Fsp3) is 0.118. The predicted molar refractivity (Wildman–Crippen MR) is 97.5 cm³/mol. The quantitative estimate of drug-likeness (QED) is 0.208. The Balaban J connectivity index is 2.23. The predicted octanol–water partition coefficient (Wildman–Crippen LogP) is 3.28. The lowest BCUT2D eigenvalue weighted by molar-refractivity contribution is -0.132.